The number of hydrogen-bond donors (Lipinski definition) is 2. The molecule has 2 N–H and O–H groups in total. The molecule has 3 atom stereocenters. The van der Waals surface area contributed by atoms with Crippen molar-refractivity contribution in [3.63, 3.8) is 0 Å². The van der Waals surface area contributed by atoms with E-state index < -0.39 is 5.60 Å². The van der Waals surface area contributed by atoms with Crippen LogP contribution in [-0.4, -0.2) is 33.1 Å². The Labute approximate surface area is 147 Å². The SMILES string of the molecule is O=C(NCc1ccccc1)N1[C@@H]2CC[C@H]1CC(O)(c1cccnc1)C2. The standard InChI is InChI=1S/C20H23N3O2/c24-19(22-13-15-5-2-1-3-6-15)23-17-8-9-18(23)12-20(25,11-17)16-7-4-10-21-14-16/h1-7,10,14,17-18,25H,8-9,11-13H2,(H,22,24)/t17-,18+,20?. The summed E-state index contributed by atoms with van der Waals surface area (Å²) in [6.45, 7) is 0.530. The van der Waals surface area contributed by atoms with E-state index in [1.165, 1.54) is 0 Å². The molecule has 2 aromatic rings. The number of aromatic nitrogens is 1. The van der Waals surface area contributed by atoms with E-state index in [2.05, 4.69) is 10.3 Å². The molecule has 5 nitrogen and oxygen atoms in total. The molecule has 25 heavy (non-hydrogen) atoms. The van der Waals surface area contributed by atoms with Gasteiger partial charge in [0.1, 0.15) is 0 Å². The third kappa shape index (κ3) is 3.12. The van der Waals surface area contributed by atoms with Crippen LogP contribution >= 0.6 is 0 Å². The van der Waals surface area contributed by atoms with E-state index in [4.69, 9.17) is 0 Å². The Morgan fingerprint density at radius 2 is 1.88 bits per heavy atom. The van der Waals surface area contributed by atoms with Crippen molar-refractivity contribution >= 4 is 6.03 Å². The van der Waals surface area contributed by atoms with Crippen LogP contribution in [0.3, 0.4) is 0 Å². The van der Waals surface area contributed by atoms with Crippen LogP contribution in [0, 0.1) is 0 Å². The number of fused-ring (bicyclic) bond motifs is 2. The Bertz CT molecular complexity index is 721. The lowest BCUT2D eigenvalue weighted by molar-refractivity contribution is -0.0439. The minimum Gasteiger partial charge on any atom is -0.385 e. The largest absolute Gasteiger partial charge is 0.385 e. The first-order valence-electron chi connectivity index (χ1n) is 8.89. The number of carbonyl (C=O) groups is 1. The van der Waals surface area contributed by atoms with Crippen LogP contribution in [0.25, 0.3) is 0 Å². The van der Waals surface area contributed by atoms with Crippen molar-refractivity contribution in [2.45, 2.75) is 49.9 Å². The van der Waals surface area contributed by atoms with Crippen LogP contribution in [0.1, 0.15) is 36.8 Å². The summed E-state index contributed by atoms with van der Waals surface area (Å²) in [7, 11) is 0. The van der Waals surface area contributed by atoms with Crippen LogP contribution in [-0.2, 0) is 12.1 Å². The third-order valence-electron chi connectivity index (χ3n) is 5.49. The van der Waals surface area contributed by atoms with Crippen LogP contribution < -0.4 is 5.32 Å². The molecule has 1 aromatic heterocycles. The molecule has 130 valence electrons. The van der Waals surface area contributed by atoms with Crippen molar-refractivity contribution in [1.29, 1.82) is 0 Å². The van der Waals surface area contributed by atoms with Gasteiger partial charge in [0, 0.05) is 49.4 Å². The summed E-state index contributed by atoms with van der Waals surface area (Å²) >= 11 is 0. The molecule has 1 unspecified atom stereocenters. The fourth-order valence-electron chi connectivity index (χ4n) is 4.30. The molecule has 2 bridgehead atoms. The van der Waals surface area contributed by atoms with Crippen molar-refractivity contribution < 1.29 is 9.90 Å². The van der Waals surface area contributed by atoms with E-state index in [9.17, 15) is 9.90 Å². The summed E-state index contributed by atoms with van der Waals surface area (Å²) in [5, 5.41) is 14.2. The first-order valence-corrected chi connectivity index (χ1v) is 8.89. The number of benzene rings is 1. The zero-order chi connectivity index (χ0) is 17.3. The second kappa shape index (κ2) is 6.48. The number of nitrogens with zero attached hydrogens (tertiary/aromatic N) is 2. The smallest absolute Gasteiger partial charge is 0.318 e. The molecule has 1 aromatic carbocycles. The number of hydrogen-bond acceptors (Lipinski definition) is 3. The number of piperidine rings is 1. The zero-order valence-electron chi connectivity index (χ0n) is 14.1. The minimum absolute atomic E-state index is 0.0235. The number of rotatable bonds is 3. The summed E-state index contributed by atoms with van der Waals surface area (Å²) in [4.78, 5) is 18.8. The topological polar surface area (TPSA) is 65.5 Å². The number of urea groups is 1. The summed E-state index contributed by atoms with van der Waals surface area (Å²) in [6.07, 6.45) is 6.51. The highest BCUT2D eigenvalue weighted by atomic mass is 16.3. The van der Waals surface area contributed by atoms with Crippen molar-refractivity contribution in [3.8, 4) is 0 Å². The van der Waals surface area contributed by atoms with Crippen LogP contribution in [0.4, 0.5) is 4.79 Å². The van der Waals surface area contributed by atoms with E-state index in [-0.39, 0.29) is 18.1 Å². The number of pyridine rings is 1. The van der Waals surface area contributed by atoms with Gasteiger partial charge in [-0.1, -0.05) is 36.4 Å². The van der Waals surface area contributed by atoms with Gasteiger partial charge >= 0.3 is 6.03 Å². The van der Waals surface area contributed by atoms with Gasteiger partial charge < -0.3 is 15.3 Å². The van der Waals surface area contributed by atoms with Gasteiger partial charge in [0.15, 0.2) is 0 Å². The van der Waals surface area contributed by atoms with Crippen LogP contribution in [0.5, 0.6) is 0 Å². The zero-order valence-corrected chi connectivity index (χ0v) is 14.1. The van der Waals surface area contributed by atoms with E-state index in [1.807, 2.05) is 47.4 Å². The quantitative estimate of drug-likeness (QED) is 0.905. The predicted octanol–water partition coefficient (Wildman–Crippen LogP) is 2.81. The van der Waals surface area contributed by atoms with E-state index in [0.717, 1.165) is 24.0 Å². The van der Waals surface area contributed by atoms with Crippen molar-refractivity contribution in [2.24, 2.45) is 0 Å². The van der Waals surface area contributed by atoms with Gasteiger partial charge in [-0.25, -0.2) is 4.79 Å². The molecule has 5 heteroatoms. The lowest BCUT2D eigenvalue weighted by atomic mass is 9.81. The van der Waals surface area contributed by atoms with Crippen LogP contribution in [0.2, 0.25) is 0 Å². The highest BCUT2D eigenvalue weighted by molar-refractivity contribution is 5.75. The summed E-state index contributed by atoms with van der Waals surface area (Å²) in [6, 6.07) is 13.9. The molecule has 2 aliphatic rings. The first-order chi connectivity index (χ1) is 12.2. The lowest BCUT2D eigenvalue weighted by Gasteiger charge is -2.43. The van der Waals surface area contributed by atoms with E-state index >= 15 is 0 Å². The van der Waals surface area contributed by atoms with E-state index in [1.54, 1.807) is 12.4 Å². The Morgan fingerprint density at radius 1 is 1.16 bits per heavy atom. The minimum atomic E-state index is -0.879. The molecule has 4 rings (SSSR count). The fraction of sp³-hybridized carbons (Fsp3) is 0.400. The monoisotopic (exact) mass is 337 g/mol. The number of aliphatic hydroxyl groups is 1. The molecule has 2 fully saturated rings. The summed E-state index contributed by atoms with van der Waals surface area (Å²) in [5.74, 6) is 0. The van der Waals surface area contributed by atoms with Gasteiger partial charge in [-0.3, -0.25) is 4.98 Å². The second-order valence-corrected chi connectivity index (χ2v) is 7.12. The Balaban J connectivity index is 1.44. The van der Waals surface area contributed by atoms with Gasteiger partial charge in [-0.2, -0.15) is 0 Å². The number of carbonyl (C=O) groups excluding carboxylic acids is 1. The molecule has 2 amide bonds. The normalized spacial score (nSPS) is 28.0. The molecular weight excluding hydrogens is 314 g/mol. The molecule has 2 saturated heterocycles. The van der Waals surface area contributed by atoms with Gasteiger partial charge in [-0.05, 0) is 24.5 Å². The molecule has 0 saturated carbocycles. The predicted molar refractivity (Wildman–Crippen MR) is 94.7 cm³/mol. The lowest BCUT2D eigenvalue weighted by Crippen LogP contribution is -2.54. The maximum absolute atomic E-state index is 12.7. The maximum Gasteiger partial charge on any atom is 0.318 e. The molecule has 0 aliphatic carbocycles. The molecule has 0 radical (unpaired) electrons. The Morgan fingerprint density at radius 3 is 2.52 bits per heavy atom. The highest BCUT2D eigenvalue weighted by Gasteiger charge is 2.50. The van der Waals surface area contributed by atoms with Gasteiger partial charge in [-0.15, -0.1) is 0 Å². The number of amides is 2. The molecular formula is C20H23N3O2. The third-order valence-corrected chi connectivity index (χ3v) is 5.49. The van der Waals surface area contributed by atoms with Crippen molar-refractivity contribution in [1.82, 2.24) is 15.2 Å². The summed E-state index contributed by atoms with van der Waals surface area (Å²) < 4.78 is 0. The first kappa shape index (κ1) is 16.1. The maximum atomic E-state index is 12.7. The average Bonchev–Trinajstić information content (AvgIpc) is 2.93. The molecule has 0 spiro atoms. The summed E-state index contributed by atoms with van der Waals surface area (Å²) in [5.41, 5.74) is 1.07. The molecule has 2 aliphatic heterocycles. The fourth-order valence-corrected chi connectivity index (χ4v) is 4.30. The Hall–Kier alpha value is -2.40. The van der Waals surface area contributed by atoms with Gasteiger partial charge in [0.2, 0.25) is 0 Å². The van der Waals surface area contributed by atoms with Crippen LogP contribution in [0.15, 0.2) is 54.9 Å². The second-order valence-electron chi connectivity index (χ2n) is 7.12. The average molecular weight is 337 g/mol. The Kier molecular flexibility index (Phi) is 4.17. The van der Waals surface area contributed by atoms with Gasteiger partial charge in [0.25, 0.3) is 0 Å². The van der Waals surface area contributed by atoms with Crippen molar-refractivity contribution in [2.75, 3.05) is 0 Å². The highest BCUT2D eigenvalue weighted by Crippen LogP contribution is 2.45. The van der Waals surface area contributed by atoms with Gasteiger partial charge in [0.05, 0.1) is 5.60 Å². The van der Waals surface area contributed by atoms with E-state index in [0.29, 0.717) is 19.4 Å². The molecule has 3 heterocycles. The number of nitrogens with one attached hydrogen (secondary N) is 1. The van der Waals surface area contributed by atoms with Crippen molar-refractivity contribution in [3.05, 3.63) is 66.0 Å².